The van der Waals surface area contributed by atoms with E-state index < -0.39 is 89.6 Å². The van der Waals surface area contributed by atoms with Gasteiger partial charge in [0.1, 0.15) is 18.1 Å². The Labute approximate surface area is 219 Å². The predicted molar refractivity (Wildman–Crippen MR) is 119 cm³/mol. The molecule has 3 aliphatic heterocycles. The van der Waals surface area contributed by atoms with Crippen LogP contribution < -0.4 is 21.3 Å². The summed E-state index contributed by atoms with van der Waals surface area (Å²) in [5.74, 6) is -13.3. The molecule has 4 rings (SSSR count). The second kappa shape index (κ2) is 9.60. The maximum atomic E-state index is 15.4. The van der Waals surface area contributed by atoms with Gasteiger partial charge >= 0.3 is 12.1 Å². The fourth-order valence-corrected chi connectivity index (χ4v) is 6.11. The fourth-order valence-electron chi connectivity index (χ4n) is 6.11. The van der Waals surface area contributed by atoms with Gasteiger partial charge < -0.3 is 26.2 Å². The number of halogens is 5. The summed E-state index contributed by atoms with van der Waals surface area (Å²) < 4.78 is 69.8. The summed E-state index contributed by atoms with van der Waals surface area (Å²) in [5, 5.41) is 17.2. The van der Waals surface area contributed by atoms with Gasteiger partial charge in [-0.05, 0) is 36.5 Å². The summed E-state index contributed by atoms with van der Waals surface area (Å²) in [4.78, 5) is 64.1. The van der Waals surface area contributed by atoms with Crippen LogP contribution in [0.1, 0.15) is 33.1 Å². The van der Waals surface area contributed by atoms with E-state index in [9.17, 15) is 42.4 Å². The Bertz CT molecular complexity index is 1140. The SMILES string of the molecule is CC1(C)C[C@@H]2[C@H]3C(=O)NC(C#N)C[C@@H]4C[C@H](NC4=O)C(=O)NCC(F)(F)[C@H](NC(=O)C(F)(F)F)C(=O)N3C[C@@H]21. The molecule has 7 atom stereocenters. The summed E-state index contributed by atoms with van der Waals surface area (Å²) in [6, 6.07) is -5.18. The van der Waals surface area contributed by atoms with Crippen molar-refractivity contribution in [2.75, 3.05) is 13.1 Å². The zero-order valence-electron chi connectivity index (χ0n) is 20.9. The van der Waals surface area contributed by atoms with E-state index >= 15 is 8.78 Å². The molecular weight excluding hydrogens is 535 g/mol. The molecule has 11 nitrogen and oxygen atoms in total. The fraction of sp³-hybridized carbons (Fsp3) is 0.739. The molecule has 16 heteroatoms. The molecule has 0 aromatic heterocycles. The lowest BCUT2D eigenvalue weighted by molar-refractivity contribution is -0.179. The molecule has 3 heterocycles. The van der Waals surface area contributed by atoms with Gasteiger partial charge in [-0.25, -0.2) is 8.78 Å². The molecule has 0 spiro atoms. The van der Waals surface area contributed by atoms with Crippen molar-refractivity contribution in [1.29, 1.82) is 5.26 Å². The number of alkyl halides is 5. The van der Waals surface area contributed by atoms with Crippen LogP contribution in [-0.4, -0.2) is 83.8 Å². The van der Waals surface area contributed by atoms with Gasteiger partial charge in [-0.15, -0.1) is 0 Å². The minimum atomic E-state index is -5.61. The van der Waals surface area contributed by atoms with Crippen molar-refractivity contribution in [1.82, 2.24) is 26.2 Å². The Morgan fingerprint density at radius 1 is 1.08 bits per heavy atom. The van der Waals surface area contributed by atoms with E-state index in [1.165, 1.54) is 0 Å². The zero-order chi connectivity index (χ0) is 29.1. The van der Waals surface area contributed by atoms with Crippen LogP contribution in [0, 0.1) is 34.5 Å². The van der Waals surface area contributed by atoms with E-state index in [-0.39, 0.29) is 25.3 Å². The van der Waals surface area contributed by atoms with Crippen LogP contribution in [0.5, 0.6) is 0 Å². The second-order valence-electron chi connectivity index (χ2n) is 11.2. The first-order valence-corrected chi connectivity index (χ1v) is 12.3. The standard InChI is InChI=1S/C23H27F5N6O5/c1-21(2)5-11-12(21)7-34-14(11)18(37)31-10(6-29)3-9-4-13(32-16(9)35)17(36)30-8-22(24,25)15(19(34)38)33-20(39)23(26,27)28/h9-15H,3-5,7-8H2,1-2H3,(H,30,36)(H,31,37)(H,32,35)(H,33,39)/t9-,10?,11+,12+,13+,14+,15-/m1/s1. The van der Waals surface area contributed by atoms with Crippen LogP contribution in [0.25, 0.3) is 0 Å². The average molecular weight is 562 g/mol. The Morgan fingerprint density at radius 2 is 1.74 bits per heavy atom. The molecule has 4 N–H and O–H groups in total. The van der Waals surface area contributed by atoms with E-state index in [4.69, 9.17) is 0 Å². The summed E-state index contributed by atoms with van der Waals surface area (Å²) >= 11 is 0. The number of nitriles is 1. The molecule has 0 aromatic rings. The third-order valence-corrected chi connectivity index (χ3v) is 8.19. The summed E-state index contributed by atoms with van der Waals surface area (Å²) in [7, 11) is 0. The first-order valence-electron chi connectivity index (χ1n) is 12.3. The van der Waals surface area contributed by atoms with Crippen LogP contribution in [0.4, 0.5) is 22.0 Å². The molecule has 0 radical (unpaired) electrons. The lowest BCUT2D eigenvalue weighted by atomic mass is 9.55. The molecular formula is C23H27F5N6O5. The summed E-state index contributed by atoms with van der Waals surface area (Å²) in [6.45, 7) is 1.76. The lowest BCUT2D eigenvalue weighted by Crippen LogP contribution is -2.64. The van der Waals surface area contributed by atoms with Gasteiger partial charge in [-0.2, -0.15) is 18.4 Å². The number of carbonyl (C=O) groups is 5. The van der Waals surface area contributed by atoms with Gasteiger partial charge in [0, 0.05) is 12.5 Å². The molecule has 4 aliphatic rings. The van der Waals surface area contributed by atoms with Gasteiger partial charge in [-0.3, -0.25) is 24.0 Å². The first-order chi connectivity index (χ1) is 18.0. The van der Waals surface area contributed by atoms with Gasteiger partial charge in [0.2, 0.25) is 17.7 Å². The van der Waals surface area contributed by atoms with Crippen LogP contribution in [0.15, 0.2) is 0 Å². The third kappa shape index (κ3) is 5.22. The number of hydrogen-bond donors (Lipinski definition) is 4. The van der Waals surface area contributed by atoms with Crippen molar-refractivity contribution in [3.8, 4) is 6.07 Å². The third-order valence-electron chi connectivity index (χ3n) is 8.19. The number of carbonyl (C=O) groups excluding carboxylic acids is 5. The molecule has 2 bridgehead atoms. The van der Waals surface area contributed by atoms with E-state index in [1.54, 1.807) is 0 Å². The number of nitrogens with one attached hydrogen (secondary N) is 4. The van der Waals surface area contributed by atoms with Crippen LogP contribution >= 0.6 is 0 Å². The van der Waals surface area contributed by atoms with Crippen LogP contribution in [0.2, 0.25) is 0 Å². The molecule has 3 saturated heterocycles. The van der Waals surface area contributed by atoms with Crippen molar-refractivity contribution in [2.45, 2.75) is 69.4 Å². The number of amides is 5. The maximum Gasteiger partial charge on any atom is 0.471 e. The van der Waals surface area contributed by atoms with Gasteiger partial charge in [0.25, 0.3) is 11.8 Å². The normalized spacial score (nSPS) is 36.1. The van der Waals surface area contributed by atoms with Gasteiger partial charge in [-0.1, -0.05) is 13.8 Å². The number of fused-ring (bicyclic) bond motifs is 5. The number of nitrogens with zero attached hydrogens (tertiary/aromatic N) is 2. The highest BCUT2D eigenvalue weighted by atomic mass is 19.4. The molecule has 1 saturated carbocycles. The van der Waals surface area contributed by atoms with Crippen LogP contribution in [0.3, 0.4) is 0 Å². The van der Waals surface area contributed by atoms with Crippen molar-refractivity contribution < 1.29 is 45.9 Å². The Morgan fingerprint density at radius 3 is 2.33 bits per heavy atom. The monoisotopic (exact) mass is 562 g/mol. The summed E-state index contributed by atoms with van der Waals surface area (Å²) in [6.07, 6.45) is -5.61. The van der Waals surface area contributed by atoms with Crippen molar-refractivity contribution >= 4 is 29.5 Å². The largest absolute Gasteiger partial charge is 0.471 e. The van der Waals surface area contributed by atoms with E-state index in [2.05, 4.69) is 10.6 Å². The Kier molecular flexibility index (Phi) is 7.01. The smallest absolute Gasteiger partial charge is 0.348 e. The number of hydrogen-bond acceptors (Lipinski definition) is 6. The van der Waals surface area contributed by atoms with Gasteiger partial charge in [0.05, 0.1) is 12.6 Å². The van der Waals surface area contributed by atoms with E-state index in [0.29, 0.717) is 6.42 Å². The van der Waals surface area contributed by atoms with Crippen molar-refractivity contribution in [2.24, 2.45) is 23.2 Å². The molecule has 0 aromatic carbocycles. The molecule has 1 aliphatic carbocycles. The maximum absolute atomic E-state index is 15.4. The highest BCUT2D eigenvalue weighted by Crippen LogP contribution is 2.57. The minimum Gasteiger partial charge on any atom is -0.348 e. The minimum absolute atomic E-state index is 0.189. The molecule has 1 unspecified atom stereocenters. The molecule has 214 valence electrons. The second-order valence-corrected chi connectivity index (χ2v) is 11.2. The van der Waals surface area contributed by atoms with Crippen LogP contribution in [-0.2, 0) is 24.0 Å². The predicted octanol–water partition coefficient (Wildman–Crippen LogP) is -0.425. The highest BCUT2D eigenvalue weighted by molar-refractivity contribution is 5.95. The van der Waals surface area contributed by atoms with Gasteiger partial charge in [0.15, 0.2) is 6.04 Å². The van der Waals surface area contributed by atoms with E-state index in [1.807, 2.05) is 25.2 Å². The first kappa shape index (κ1) is 28.5. The molecule has 5 amide bonds. The number of rotatable bonds is 1. The Balaban J connectivity index is 1.74. The molecule has 39 heavy (non-hydrogen) atoms. The Hall–Kier alpha value is -3.51. The quantitative estimate of drug-likeness (QED) is 0.318. The topological polar surface area (TPSA) is 160 Å². The highest BCUT2D eigenvalue weighted by Gasteiger charge is 2.62. The van der Waals surface area contributed by atoms with Crippen molar-refractivity contribution in [3.63, 3.8) is 0 Å². The lowest BCUT2D eigenvalue weighted by Gasteiger charge is -2.48. The molecule has 4 fully saturated rings. The average Bonchev–Trinajstić information content (AvgIpc) is 3.36. The van der Waals surface area contributed by atoms with Crippen molar-refractivity contribution in [3.05, 3.63) is 0 Å². The zero-order valence-corrected chi connectivity index (χ0v) is 20.9. The van der Waals surface area contributed by atoms with E-state index in [0.717, 1.165) is 10.2 Å². The summed E-state index contributed by atoms with van der Waals surface area (Å²) in [5.41, 5.74) is -0.425.